The summed E-state index contributed by atoms with van der Waals surface area (Å²) in [6, 6.07) is 12.9. The maximum Gasteiger partial charge on any atom is 0.285 e. The van der Waals surface area contributed by atoms with Gasteiger partial charge < -0.3 is 15.4 Å². The molecule has 0 radical (unpaired) electrons. The van der Waals surface area contributed by atoms with E-state index in [2.05, 4.69) is 0 Å². The molecule has 1 saturated heterocycles. The van der Waals surface area contributed by atoms with Crippen LogP contribution in [0, 0.1) is 11.7 Å². The summed E-state index contributed by atoms with van der Waals surface area (Å²) in [7, 11) is 0. The Morgan fingerprint density at radius 3 is 2.58 bits per heavy atom. The summed E-state index contributed by atoms with van der Waals surface area (Å²) in [6.45, 7) is 0.346. The number of carbonyl (C=O) groups is 3. The third-order valence-electron chi connectivity index (χ3n) is 4.18. The summed E-state index contributed by atoms with van der Waals surface area (Å²) in [4.78, 5) is 36.2. The molecule has 0 bridgehead atoms. The molecule has 2 aromatic rings. The predicted molar refractivity (Wildman–Crippen MR) is 91.8 cm³/mol. The minimum absolute atomic E-state index is 0.0282. The first-order valence-electron chi connectivity index (χ1n) is 8.05. The molecular formula is C19H17FN2O4. The first kappa shape index (κ1) is 17.6. The van der Waals surface area contributed by atoms with E-state index in [0.29, 0.717) is 17.0 Å². The average molecular weight is 356 g/mol. The number of anilines is 1. The number of carbonyl (C=O) groups excluding carboxylic acids is 3. The van der Waals surface area contributed by atoms with Crippen molar-refractivity contribution >= 4 is 23.3 Å². The standard InChI is InChI=1S/C19H17FN2O4/c20-14-3-1-2-12(8-14)11-26-16-6-4-15(5-7-16)22-10-13(9-17(22)23)18(24)19(21)25/h1-8,13H,9-11H2,(H2,21,25). The zero-order valence-electron chi connectivity index (χ0n) is 13.9. The molecule has 0 saturated carbocycles. The summed E-state index contributed by atoms with van der Waals surface area (Å²) in [5.74, 6) is -2.45. The van der Waals surface area contributed by atoms with E-state index in [1.165, 1.54) is 17.0 Å². The number of nitrogens with zero attached hydrogens (tertiary/aromatic N) is 1. The van der Waals surface area contributed by atoms with E-state index in [4.69, 9.17) is 10.5 Å². The second-order valence-corrected chi connectivity index (χ2v) is 6.05. The van der Waals surface area contributed by atoms with E-state index in [-0.39, 0.29) is 31.3 Å². The topological polar surface area (TPSA) is 89.7 Å². The monoisotopic (exact) mass is 356 g/mol. The summed E-state index contributed by atoms with van der Waals surface area (Å²) in [6.07, 6.45) is -0.0282. The fourth-order valence-corrected chi connectivity index (χ4v) is 2.85. The van der Waals surface area contributed by atoms with Gasteiger partial charge in [-0.25, -0.2) is 4.39 Å². The minimum Gasteiger partial charge on any atom is -0.489 e. The summed E-state index contributed by atoms with van der Waals surface area (Å²) in [5.41, 5.74) is 6.31. The van der Waals surface area contributed by atoms with Crippen LogP contribution >= 0.6 is 0 Å². The third-order valence-corrected chi connectivity index (χ3v) is 4.18. The maximum absolute atomic E-state index is 13.1. The lowest BCUT2D eigenvalue weighted by molar-refractivity contribution is -0.138. The van der Waals surface area contributed by atoms with Gasteiger partial charge in [-0.15, -0.1) is 0 Å². The molecule has 1 aliphatic heterocycles. The summed E-state index contributed by atoms with van der Waals surface area (Å²) in [5, 5.41) is 0. The number of Topliss-reactive ketones (excluding diaryl/α,β-unsaturated/α-hetero) is 1. The zero-order chi connectivity index (χ0) is 18.7. The molecule has 1 heterocycles. The Kier molecular flexibility index (Phi) is 4.97. The second kappa shape index (κ2) is 7.35. The first-order chi connectivity index (χ1) is 12.4. The van der Waals surface area contributed by atoms with Gasteiger partial charge >= 0.3 is 0 Å². The van der Waals surface area contributed by atoms with Gasteiger partial charge in [0.25, 0.3) is 5.91 Å². The largest absolute Gasteiger partial charge is 0.489 e. The van der Waals surface area contributed by atoms with Crippen LogP contribution in [0.4, 0.5) is 10.1 Å². The number of primary amides is 1. The molecular weight excluding hydrogens is 339 g/mol. The van der Waals surface area contributed by atoms with Gasteiger partial charge in [0, 0.05) is 18.7 Å². The Morgan fingerprint density at radius 2 is 1.92 bits per heavy atom. The fourth-order valence-electron chi connectivity index (χ4n) is 2.85. The van der Waals surface area contributed by atoms with Gasteiger partial charge in [-0.05, 0) is 42.0 Å². The minimum atomic E-state index is -1.02. The number of ether oxygens (including phenoxy) is 1. The quantitative estimate of drug-likeness (QED) is 0.800. The van der Waals surface area contributed by atoms with E-state index >= 15 is 0 Å². The number of hydrogen-bond acceptors (Lipinski definition) is 4. The summed E-state index contributed by atoms with van der Waals surface area (Å²) < 4.78 is 18.7. The number of ketones is 1. The van der Waals surface area contributed by atoms with E-state index in [0.717, 1.165) is 0 Å². The molecule has 3 rings (SSSR count). The Balaban J connectivity index is 1.63. The van der Waals surface area contributed by atoms with Gasteiger partial charge in [-0.2, -0.15) is 0 Å². The predicted octanol–water partition coefficient (Wildman–Crippen LogP) is 1.81. The van der Waals surface area contributed by atoms with Crippen molar-refractivity contribution < 1.29 is 23.5 Å². The van der Waals surface area contributed by atoms with Crippen LogP contribution < -0.4 is 15.4 Å². The Hall–Kier alpha value is -3.22. The summed E-state index contributed by atoms with van der Waals surface area (Å²) >= 11 is 0. The normalized spacial score (nSPS) is 16.6. The van der Waals surface area contributed by atoms with Crippen LogP contribution in [-0.2, 0) is 21.0 Å². The molecule has 0 aromatic heterocycles. The van der Waals surface area contributed by atoms with Gasteiger partial charge in [-0.3, -0.25) is 14.4 Å². The van der Waals surface area contributed by atoms with Crippen LogP contribution in [0.25, 0.3) is 0 Å². The lowest BCUT2D eigenvalue weighted by atomic mass is 10.0. The molecule has 2 amide bonds. The van der Waals surface area contributed by atoms with Gasteiger partial charge in [0.05, 0.1) is 5.92 Å². The van der Waals surface area contributed by atoms with Crippen molar-refractivity contribution in [3.8, 4) is 5.75 Å². The lowest BCUT2D eigenvalue weighted by Gasteiger charge is -2.17. The second-order valence-electron chi connectivity index (χ2n) is 6.05. The SMILES string of the molecule is NC(=O)C(=O)C1CC(=O)N(c2ccc(OCc3cccc(F)c3)cc2)C1. The van der Waals surface area contributed by atoms with E-state index < -0.39 is 17.6 Å². The van der Waals surface area contributed by atoms with Crippen molar-refractivity contribution in [2.45, 2.75) is 13.0 Å². The Morgan fingerprint density at radius 1 is 1.19 bits per heavy atom. The number of nitrogens with two attached hydrogens (primary N) is 1. The smallest absolute Gasteiger partial charge is 0.285 e. The number of halogens is 1. The molecule has 1 unspecified atom stereocenters. The number of rotatable bonds is 6. The zero-order valence-corrected chi connectivity index (χ0v) is 13.9. The molecule has 134 valence electrons. The molecule has 0 spiro atoms. The average Bonchev–Trinajstić information content (AvgIpc) is 3.01. The van der Waals surface area contributed by atoms with Gasteiger partial charge in [-0.1, -0.05) is 12.1 Å². The molecule has 2 aromatic carbocycles. The molecule has 1 atom stereocenters. The Bertz CT molecular complexity index is 851. The van der Waals surface area contributed by atoms with E-state index in [9.17, 15) is 18.8 Å². The highest BCUT2D eigenvalue weighted by Crippen LogP contribution is 2.27. The molecule has 1 fully saturated rings. The molecule has 7 heteroatoms. The lowest BCUT2D eigenvalue weighted by Crippen LogP contribution is -2.32. The van der Waals surface area contributed by atoms with Crippen molar-refractivity contribution in [3.63, 3.8) is 0 Å². The van der Waals surface area contributed by atoms with E-state index in [1.54, 1.807) is 36.4 Å². The maximum atomic E-state index is 13.1. The van der Waals surface area contributed by atoms with Crippen molar-refractivity contribution in [3.05, 3.63) is 59.9 Å². The van der Waals surface area contributed by atoms with E-state index in [1.807, 2.05) is 0 Å². The fraction of sp³-hybridized carbons (Fsp3) is 0.211. The first-order valence-corrected chi connectivity index (χ1v) is 8.05. The van der Waals surface area contributed by atoms with Crippen molar-refractivity contribution in [1.29, 1.82) is 0 Å². The van der Waals surface area contributed by atoms with Gasteiger partial charge in [0.1, 0.15) is 18.2 Å². The van der Waals surface area contributed by atoms with Crippen LogP contribution in [0.5, 0.6) is 5.75 Å². The number of benzene rings is 2. The van der Waals surface area contributed by atoms with Crippen molar-refractivity contribution in [1.82, 2.24) is 0 Å². The van der Waals surface area contributed by atoms with Crippen LogP contribution in [0.2, 0.25) is 0 Å². The highest BCUT2D eigenvalue weighted by Gasteiger charge is 2.36. The van der Waals surface area contributed by atoms with Crippen molar-refractivity contribution in [2.75, 3.05) is 11.4 Å². The van der Waals surface area contributed by atoms with Crippen LogP contribution in [-0.4, -0.2) is 24.1 Å². The molecule has 26 heavy (non-hydrogen) atoms. The highest BCUT2D eigenvalue weighted by molar-refractivity contribution is 6.37. The molecule has 6 nitrogen and oxygen atoms in total. The molecule has 2 N–H and O–H groups in total. The third kappa shape index (κ3) is 3.88. The highest BCUT2D eigenvalue weighted by atomic mass is 19.1. The number of amides is 2. The van der Waals surface area contributed by atoms with Gasteiger partial charge in [0.15, 0.2) is 0 Å². The van der Waals surface area contributed by atoms with Crippen LogP contribution in [0.15, 0.2) is 48.5 Å². The molecule has 1 aliphatic rings. The number of hydrogen-bond donors (Lipinski definition) is 1. The van der Waals surface area contributed by atoms with Crippen molar-refractivity contribution in [2.24, 2.45) is 11.7 Å². The van der Waals surface area contributed by atoms with Crippen LogP contribution in [0.1, 0.15) is 12.0 Å². The van der Waals surface area contributed by atoms with Crippen LogP contribution in [0.3, 0.4) is 0 Å². The Labute approximate surface area is 149 Å². The molecule has 0 aliphatic carbocycles. The van der Waals surface area contributed by atoms with Gasteiger partial charge in [0.2, 0.25) is 11.7 Å².